The molecule has 6 nitrogen and oxygen atoms in total. The number of hydrogen-bond donors (Lipinski definition) is 1. The third-order valence-electron chi connectivity index (χ3n) is 5.29. The summed E-state index contributed by atoms with van der Waals surface area (Å²) in [6.45, 7) is 2.10. The zero-order chi connectivity index (χ0) is 18.5. The Morgan fingerprint density at radius 2 is 1.81 bits per heavy atom. The number of methoxy groups -OCH3 is 1. The number of nitrogens with two attached hydrogens (primary N) is 1. The molecule has 1 aromatic rings. The van der Waals surface area contributed by atoms with E-state index in [0.717, 1.165) is 12.8 Å². The molecule has 2 N–H and O–H groups in total. The highest BCUT2D eigenvalue weighted by Crippen LogP contribution is 2.31. The van der Waals surface area contributed by atoms with Crippen molar-refractivity contribution in [3.63, 3.8) is 0 Å². The van der Waals surface area contributed by atoms with Gasteiger partial charge in [-0.25, -0.2) is 0 Å². The van der Waals surface area contributed by atoms with Gasteiger partial charge in [0.2, 0.25) is 11.8 Å². The molecule has 0 bridgehead atoms. The highest BCUT2D eigenvalue weighted by molar-refractivity contribution is 5.85. The standard InChI is InChI=1S/C20H29N3O3.ClH/c1-26-14-18(21)20(25)22-11-9-16(10-12-22)19(24)23(17-7-8-17)13-15-5-3-2-4-6-15;/h2-6,16-18H,7-14,21H2,1H3;1H. The third-order valence-corrected chi connectivity index (χ3v) is 5.29. The van der Waals surface area contributed by atoms with E-state index in [-0.39, 0.29) is 36.7 Å². The van der Waals surface area contributed by atoms with Gasteiger partial charge in [-0.1, -0.05) is 30.3 Å². The van der Waals surface area contributed by atoms with Crippen molar-refractivity contribution in [2.75, 3.05) is 26.8 Å². The Balaban J connectivity index is 0.00000261. The Morgan fingerprint density at radius 3 is 2.37 bits per heavy atom. The normalized spacial score (nSPS) is 18.5. The average molecular weight is 396 g/mol. The summed E-state index contributed by atoms with van der Waals surface area (Å²) in [5, 5.41) is 0. The summed E-state index contributed by atoms with van der Waals surface area (Å²) in [4.78, 5) is 29.2. The lowest BCUT2D eigenvalue weighted by Crippen LogP contribution is -2.50. The lowest BCUT2D eigenvalue weighted by molar-refractivity contribution is -0.142. The Hall–Kier alpha value is -1.63. The molecule has 0 spiro atoms. The Bertz CT molecular complexity index is 616. The number of piperidine rings is 1. The molecule has 2 aliphatic rings. The molecule has 2 fully saturated rings. The molecule has 27 heavy (non-hydrogen) atoms. The summed E-state index contributed by atoms with van der Waals surface area (Å²) in [6.07, 6.45) is 3.62. The van der Waals surface area contributed by atoms with E-state index in [1.165, 1.54) is 12.7 Å². The van der Waals surface area contributed by atoms with E-state index in [9.17, 15) is 9.59 Å². The van der Waals surface area contributed by atoms with Crippen molar-refractivity contribution >= 4 is 24.2 Å². The first-order valence-electron chi connectivity index (χ1n) is 9.48. The number of carbonyl (C=O) groups is 2. The van der Waals surface area contributed by atoms with Crippen LogP contribution >= 0.6 is 12.4 Å². The summed E-state index contributed by atoms with van der Waals surface area (Å²) >= 11 is 0. The molecule has 1 saturated heterocycles. The number of nitrogens with zero attached hydrogens (tertiary/aromatic N) is 2. The van der Waals surface area contributed by atoms with Gasteiger partial charge in [0.05, 0.1) is 6.61 Å². The molecule has 0 aromatic heterocycles. The quantitative estimate of drug-likeness (QED) is 0.763. The van der Waals surface area contributed by atoms with Crippen molar-refractivity contribution in [2.45, 2.75) is 44.3 Å². The average Bonchev–Trinajstić information content (AvgIpc) is 3.51. The summed E-state index contributed by atoms with van der Waals surface area (Å²) in [5.74, 6) is 0.160. The first kappa shape index (κ1) is 21.7. The summed E-state index contributed by atoms with van der Waals surface area (Å²) in [7, 11) is 1.54. The van der Waals surface area contributed by atoms with Gasteiger partial charge in [0.25, 0.3) is 0 Å². The lowest BCUT2D eigenvalue weighted by Gasteiger charge is -2.35. The van der Waals surface area contributed by atoms with Crippen molar-refractivity contribution < 1.29 is 14.3 Å². The van der Waals surface area contributed by atoms with Crippen molar-refractivity contribution in [2.24, 2.45) is 11.7 Å². The summed E-state index contributed by atoms with van der Waals surface area (Å²) < 4.78 is 4.96. The van der Waals surface area contributed by atoms with Crippen LogP contribution in [-0.4, -0.2) is 60.5 Å². The van der Waals surface area contributed by atoms with E-state index in [1.54, 1.807) is 4.90 Å². The van der Waals surface area contributed by atoms with E-state index >= 15 is 0 Å². The SMILES string of the molecule is COCC(N)C(=O)N1CCC(C(=O)N(Cc2ccccc2)C2CC2)CC1.Cl. The van der Waals surface area contributed by atoms with Crippen molar-refractivity contribution in [1.29, 1.82) is 0 Å². The minimum Gasteiger partial charge on any atom is -0.383 e. The fraction of sp³-hybridized carbons (Fsp3) is 0.600. The van der Waals surface area contributed by atoms with Crippen molar-refractivity contribution in [3.8, 4) is 0 Å². The molecule has 2 amide bonds. The molecule has 1 aliphatic carbocycles. The van der Waals surface area contributed by atoms with Crippen LogP contribution in [0, 0.1) is 5.92 Å². The Morgan fingerprint density at radius 1 is 1.19 bits per heavy atom. The Kier molecular flexibility index (Phi) is 8.07. The second-order valence-corrected chi connectivity index (χ2v) is 7.34. The number of carbonyl (C=O) groups excluding carboxylic acids is 2. The molecule has 0 radical (unpaired) electrons. The maximum absolute atomic E-state index is 13.1. The lowest BCUT2D eigenvalue weighted by atomic mass is 9.94. The van der Waals surface area contributed by atoms with Crippen LogP contribution in [0.2, 0.25) is 0 Å². The van der Waals surface area contributed by atoms with Crippen LogP contribution < -0.4 is 5.73 Å². The second kappa shape index (κ2) is 10.1. The van der Waals surface area contributed by atoms with Gasteiger partial charge in [-0.05, 0) is 31.2 Å². The molecule has 1 heterocycles. The molecule has 1 aromatic carbocycles. The zero-order valence-corrected chi connectivity index (χ0v) is 16.7. The number of benzene rings is 1. The van der Waals surface area contributed by atoms with Gasteiger partial charge in [0.15, 0.2) is 0 Å². The highest BCUT2D eigenvalue weighted by atomic mass is 35.5. The zero-order valence-electron chi connectivity index (χ0n) is 15.9. The van der Waals surface area contributed by atoms with E-state index in [1.807, 2.05) is 23.1 Å². The van der Waals surface area contributed by atoms with Crippen LogP contribution in [0.5, 0.6) is 0 Å². The van der Waals surface area contributed by atoms with Gasteiger partial charge in [0.1, 0.15) is 6.04 Å². The highest BCUT2D eigenvalue weighted by Gasteiger charge is 2.37. The summed E-state index contributed by atoms with van der Waals surface area (Å²) in [6, 6.07) is 9.93. The largest absolute Gasteiger partial charge is 0.383 e. The van der Waals surface area contributed by atoms with E-state index in [4.69, 9.17) is 10.5 Å². The van der Waals surface area contributed by atoms with Gasteiger partial charge in [-0.2, -0.15) is 0 Å². The topological polar surface area (TPSA) is 75.9 Å². The minimum atomic E-state index is -0.617. The van der Waals surface area contributed by atoms with Crippen LogP contribution in [0.15, 0.2) is 30.3 Å². The first-order chi connectivity index (χ1) is 12.6. The summed E-state index contributed by atoms with van der Waals surface area (Å²) in [5.41, 5.74) is 7.02. The third kappa shape index (κ3) is 5.67. The van der Waals surface area contributed by atoms with Gasteiger partial charge < -0.3 is 20.3 Å². The van der Waals surface area contributed by atoms with E-state index < -0.39 is 6.04 Å². The molecule has 150 valence electrons. The predicted octanol–water partition coefficient (Wildman–Crippen LogP) is 1.81. The Labute approximate surface area is 167 Å². The molecule has 1 aliphatic heterocycles. The smallest absolute Gasteiger partial charge is 0.241 e. The fourth-order valence-electron chi connectivity index (χ4n) is 3.62. The molecule has 7 heteroatoms. The van der Waals surface area contributed by atoms with Crippen molar-refractivity contribution in [1.82, 2.24) is 9.80 Å². The molecule has 1 atom stereocenters. The maximum Gasteiger partial charge on any atom is 0.241 e. The number of ether oxygens (including phenoxy) is 1. The van der Waals surface area contributed by atoms with Crippen LogP contribution in [0.1, 0.15) is 31.2 Å². The van der Waals surface area contributed by atoms with Crippen LogP contribution in [0.25, 0.3) is 0 Å². The maximum atomic E-state index is 13.1. The number of rotatable bonds is 7. The molecule has 1 unspecified atom stereocenters. The fourth-order valence-corrected chi connectivity index (χ4v) is 3.62. The van der Waals surface area contributed by atoms with Gasteiger partial charge in [0, 0.05) is 38.7 Å². The number of hydrogen-bond acceptors (Lipinski definition) is 4. The van der Waals surface area contributed by atoms with Crippen LogP contribution in [-0.2, 0) is 20.9 Å². The van der Waals surface area contributed by atoms with Crippen LogP contribution in [0.4, 0.5) is 0 Å². The van der Waals surface area contributed by atoms with Gasteiger partial charge in [-0.3, -0.25) is 9.59 Å². The van der Waals surface area contributed by atoms with Gasteiger partial charge in [-0.15, -0.1) is 12.4 Å². The molecular weight excluding hydrogens is 366 g/mol. The number of likely N-dealkylation sites (tertiary alicyclic amines) is 1. The molecular formula is C20H30ClN3O3. The molecule has 1 saturated carbocycles. The van der Waals surface area contributed by atoms with Crippen molar-refractivity contribution in [3.05, 3.63) is 35.9 Å². The predicted molar refractivity (Wildman–Crippen MR) is 106 cm³/mol. The number of halogens is 1. The van der Waals surface area contributed by atoms with Gasteiger partial charge >= 0.3 is 0 Å². The minimum absolute atomic E-state index is 0. The second-order valence-electron chi connectivity index (χ2n) is 7.34. The monoisotopic (exact) mass is 395 g/mol. The first-order valence-corrected chi connectivity index (χ1v) is 9.48. The van der Waals surface area contributed by atoms with E-state index in [0.29, 0.717) is 38.5 Å². The van der Waals surface area contributed by atoms with Crippen LogP contribution in [0.3, 0.4) is 0 Å². The molecule has 3 rings (SSSR count). The number of amides is 2. The van der Waals surface area contributed by atoms with E-state index in [2.05, 4.69) is 12.1 Å².